The maximum atomic E-state index is 13.8. The first-order valence-electron chi connectivity index (χ1n) is 16.2. The Labute approximate surface area is 284 Å². The minimum atomic E-state index is -1.38. The molecule has 252 valence electrons. The molecule has 1 amide bonds. The van der Waals surface area contributed by atoms with Crippen LogP contribution in [0.25, 0.3) is 32.7 Å². The van der Waals surface area contributed by atoms with Crippen LogP contribution in [0, 0.1) is 0 Å². The number of fused-ring (bicyclic) bond motifs is 6. The quantitative estimate of drug-likeness (QED) is 0.110. The number of benzene rings is 4. The van der Waals surface area contributed by atoms with Crippen LogP contribution in [0.15, 0.2) is 77.7 Å². The van der Waals surface area contributed by atoms with Gasteiger partial charge in [0.15, 0.2) is 11.2 Å². The Hall–Kier alpha value is -6.37. The molecular weight excluding hydrogens is 638 g/mol. The average Bonchev–Trinajstić information content (AvgIpc) is 3.11. The van der Waals surface area contributed by atoms with Gasteiger partial charge < -0.3 is 26.6 Å². The molecule has 2 atom stereocenters. The molecule has 2 unspecified atom stereocenters. The second-order valence-corrected chi connectivity index (χ2v) is 12.4. The number of nitrogens with one attached hydrogen (secondary N) is 3. The van der Waals surface area contributed by atoms with Crippen LogP contribution in [0.5, 0.6) is 0 Å². The molecule has 7 N–H and O–H groups in total. The average molecular weight is 672 g/mol. The number of aliphatic carboxylic acids is 2. The summed E-state index contributed by atoms with van der Waals surface area (Å²) in [5.41, 5.74) is 9.77. The largest absolute Gasteiger partial charge is 0.481 e. The van der Waals surface area contributed by atoms with Crippen LogP contribution in [-0.4, -0.2) is 54.0 Å². The third-order valence-electron chi connectivity index (χ3n) is 9.25. The number of carboxylic acid groups (broad SMARTS) is 2. The van der Waals surface area contributed by atoms with Crippen LogP contribution in [0.3, 0.4) is 0 Å². The summed E-state index contributed by atoms with van der Waals surface area (Å²) in [6.45, 7) is 0.201. The first-order chi connectivity index (χ1) is 24.2. The number of nitrogens with zero attached hydrogens (tertiary/aromatic N) is 3. The van der Waals surface area contributed by atoms with Crippen molar-refractivity contribution in [2.24, 2.45) is 0 Å². The number of rotatable bonds is 10. The van der Waals surface area contributed by atoms with Crippen LogP contribution in [0.1, 0.15) is 64.3 Å². The molecule has 13 heteroatoms. The molecule has 0 radical (unpaired) electrons. The molecule has 0 aliphatic heterocycles. The molecule has 0 bridgehead atoms. The molecule has 50 heavy (non-hydrogen) atoms. The number of nitrogens with two attached hydrogens (primary N) is 1. The number of anilines is 2. The number of carbonyl (C=O) groups is 3. The number of hydrogen-bond donors (Lipinski definition) is 6. The number of carboxylic acids is 2. The summed E-state index contributed by atoms with van der Waals surface area (Å²) in [4.78, 5) is 64.4. The smallest absolute Gasteiger partial charge is 0.326 e. The van der Waals surface area contributed by atoms with E-state index in [1.165, 1.54) is 17.1 Å². The number of aromatic nitrogens is 4. The van der Waals surface area contributed by atoms with Gasteiger partial charge in [-0.15, -0.1) is 0 Å². The Morgan fingerprint density at radius 2 is 1.78 bits per heavy atom. The van der Waals surface area contributed by atoms with E-state index in [1.54, 1.807) is 12.1 Å². The van der Waals surface area contributed by atoms with Gasteiger partial charge in [0, 0.05) is 23.6 Å². The van der Waals surface area contributed by atoms with Crippen LogP contribution in [0.2, 0.25) is 0 Å². The fraction of sp³-hybridized carbons (Fsp3) is 0.216. The van der Waals surface area contributed by atoms with E-state index in [0.717, 1.165) is 41.0 Å². The molecule has 0 saturated carbocycles. The maximum Gasteiger partial charge on any atom is 0.326 e. The summed E-state index contributed by atoms with van der Waals surface area (Å²) in [5.74, 6) is -3.30. The van der Waals surface area contributed by atoms with Gasteiger partial charge in [-0.1, -0.05) is 48.5 Å². The van der Waals surface area contributed by atoms with Crippen molar-refractivity contribution in [2.75, 3.05) is 11.1 Å². The summed E-state index contributed by atoms with van der Waals surface area (Å²) in [6.07, 6.45) is 3.34. The molecule has 0 saturated heterocycles. The lowest BCUT2D eigenvalue weighted by molar-refractivity contribution is -0.140. The molecule has 0 spiro atoms. The van der Waals surface area contributed by atoms with Gasteiger partial charge in [-0.25, -0.2) is 14.8 Å². The first-order valence-corrected chi connectivity index (χ1v) is 16.2. The lowest BCUT2D eigenvalue weighted by Crippen LogP contribution is -2.41. The molecule has 0 fully saturated rings. The summed E-state index contributed by atoms with van der Waals surface area (Å²) in [6, 6.07) is 20.7. The second kappa shape index (κ2) is 13.3. The summed E-state index contributed by atoms with van der Waals surface area (Å²) < 4.78 is 0. The predicted molar refractivity (Wildman–Crippen MR) is 188 cm³/mol. The molecule has 4 aromatic carbocycles. The van der Waals surface area contributed by atoms with Crippen LogP contribution in [-0.2, 0) is 22.6 Å². The van der Waals surface area contributed by atoms with Gasteiger partial charge in [0.25, 0.3) is 11.5 Å². The minimum absolute atomic E-state index is 0.0541. The van der Waals surface area contributed by atoms with Crippen molar-refractivity contribution < 1.29 is 24.6 Å². The van der Waals surface area contributed by atoms with E-state index in [0.29, 0.717) is 22.5 Å². The summed E-state index contributed by atoms with van der Waals surface area (Å²) >= 11 is 0. The van der Waals surface area contributed by atoms with E-state index in [9.17, 15) is 24.3 Å². The normalized spacial score (nSPS) is 14.7. The molecule has 1 aliphatic rings. The molecule has 2 heterocycles. The lowest BCUT2D eigenvalue weighted by Gasteiger charge is -2.29. The van der Waals surface area contributed by atoms with E-state index >= 15 is 0 Å². The zero-order valence-corrected chi connectivity index (χ0v) is 26.8. The third-order valence-corrected chi connectivity index (χ3v) is 9.25. The third kappa shape index (κ3) is 6.28. The highest BCUT2D eigenvalue weighted by atomic mass is 16.4. The molecule has 1 aliphatic carbocycles. The van der Waals surface area contributed by atoms with Gasteiger partial charge in [-0.3, -0.25) is 19.4 Å². The van der Waals surface area contributed by atoms with Gasteiger partial charge in [-0.2, -0.15) is 4.98 Å². The van der Waals surface area contributed by atoms with Gasteiger partial charge in [-0.05, 0) is 82.1 Å². The molecule has 7 rings (SSSR count). The first kappa shape index (κ1) is 32.2. The number of nitrogen functional groups attached to an aromatic ring is 1. The van der Waals surface area contributed by atoms with E-state index in [-0.39, 0.29) is 36.0 Å². The lowest BCUT2D eigenvalue weighted by atomic mass is 9.75. The number of amides is 1. The van der Waals surface area contributed by atoms with Crippen molar-refractivity contribution in [3.05, 3.63) is 111 Å². The zero-order valence-electron chi connectivity index (χ0n) is 26.8. The van der Waals surface area contributed by atoms with Crippen LogP contribution in [0.4, 0.5) is 11.6 Å². The summed E-state index contributed by atoms with van der Waals surface area (Å²) in [7, 11) is 0. The minimum Gasteiger partial charge on any atom is -0.481 e. The standard InChI is InChI=1S/C37H33N7O6/c38-37-43-33-32(35(48)44-37)41-21(18-40-33)17-39-20-9-11-28(34(47)42-30(36(49)50)14-15-31(45)46)29(16-20)24-7-3-6-23-26-10-8-19-4-1-2-5-22(19)25(26)12-13-27(23)24/h1-2,4-5,8-13,16,18,24,30,39H,3,6-7,14-15,17H2,(H,42,47)(H,45,46)(H,49,50)(H3,38,40,43,44,48). The molecule has 6 aromatic rings. The topological polar surface area (TPSA) is 213 Å². The van der Waals surface area contributed by atoms with Crippen molar-refractivity contribution in [1.82, 2.24) is 25.3 Å². The van der Waals surface area contributed by atoms with Crippen LogP contribution >= 0.6 is 0 Å². The Morgan fingerprint density at radius 3 is 2.60 bits per heavy atom. The van der Waals surface area contributed by atoms with Crippen molar-refractivity contribution in [3.63, 3.8) is 0 Å². The molecule has 13 nitrogen and oxygen atoms in total. The number of H-pyrrole nitrogens is 1. The highest BCUT2D eigenvalue weighted by molar-refractivity contribution is 6.09. The van der Waals surface area contributed by atoms with Gasteiger partial charge in [0.2, 0.25) is 5.95 Å². The Balaban J connectivity index is 1.27. The number of aryl methyl sites for hydroxylation is 1. The van der Waals surface area contributed by atoms with E-state index in [4.69, 9.17) is 10.8 Å². The van der Waals surface area contributed by atoms with Gasteiger partial charge in [0.05, 0.1) is 18.4 Å². The highest BCUT2D eigenvalue weighted by Crippen LogP contribution is 2.43. The Morgan fingerprint density at radius 1 is 0.960 bits per heavy atom. The SMILES string of the molecule is Nc1nc2ncc(CNc3ccc(C(=O)NC(CCC(=O)O)C(=O)O)c(C4CCCc5c4ccc4c5ccc5ccccc54)c3)nc2c(=O)[nH]1. The van der Waals surface area contributed by atoms with Crippen molar-refractivity contribution in [1.29, 1.82) is 0 Å². The fourth-order valence-electron chi connectivity index (χ4n) is 6.91. The fourth-order valence-corrected chi connectivity index (χ4v) is 6.91. The highest BCUT2D eigenvalue weighted by Gasteiger charge is 2.29. The number of carbonyl (C=O) groups excluding carboxylic acids is 1. The Bertz CT molecular complexity index is 2390. The van der Waals surface area contributed by atoms with Gasteiger partial charge in [0.1, 0.15) is 6.04 Å². The summed E-state index contributed by atoms with van der Waals surface area (Å²) in [5, 5.41) is 29.4. The molecule has 2 aromatic heterocycles. The second-order valence-electron chi connectivity index (χ2n) is 12.4. The van der Waals surface area contributed by atoms with Crippen LogP contribution < -0.4 is 21.9 Å². The monoisotopic (exact) mass is 671 g/mol. The Kier molecular flexibility index (Phi) is 8.54. The zero-order chi connectivity index (χ0) is 34.9. The van der Waals surface area contributed by atoms with Crippen molar-refractivity contribution in [3.8, 4) is 0 Å². The predicted octanol–water partition coefficient (Wildman–Crippen LogP) is 4.73. The van der Waals surface area contributed by atoms with E-state index in [1.807, 2.05) is 18.2 Å². The van der Waals surface area contributed by atoms with Crippen molar-refractivity contribution in [2.45, 2.75) is 50.6 Å². The number of aromatic amines is 1. The van der Waals surface area contributed by atoms with E-state index < -0.39 is 35.9 Å². The number of hydrogen-bond acceptors (Lipinski definition) is 9. The van der Waals surface area contributed by atoms with Gasteiger partial charge >= 0.3 is 11.9 Å². The van der Waals surface area contributed by atoms with E-state index in [2.05, 4.69) is 67.0 Å². The molecular formula is C37H33N7O6. The maximum absolute atomic E-state index is 13.8. The van der Waals surface area contributed by atoms with Crippen molar-refractivity contribution >= 4 is 62.2 Å².